The molecule has 2 heterocycles. The van der Waals surface area contributed by atoms with Gasteiger partial charge in [0.1, 0.15) is 0 Å². The molecule has 0 spiro atoms. The third-order valence-electron chi connectivity index (χ3n) is 3.73. The first-order chi connectivity index (χ1) is 9.24. The van der Waals surface area contributed by atoms with Crippen molar-refractivity contribution in [1.29, 1.82) is 0 Å². The Morgan fingerprint density at radius 3 is 2.53 bits per heavy atom. The lowest BCUT2D eigenvalue weighted by molar-refractivity contribution is 0.408. The first-order valence-electron chi connectivity index (χ1n) is 6.44. The molecule has 1 aliphatic rings. The third-order valence-corrected chi connectivity index (χ3v) is 6.09. The van der Waals surface area contributed by atoms with Crippen LogP contribution in [0.3, 0.4) is 0 Å². The van der Waals surface area contributed by atoms with E-state index >= 15 is 0 Å². The summed E-state index contributed by atoms with van der Waals surface area (Å²) < 4.78 is 2.36. The van der Waals surface area contributed by atoms with Crippen molar-refractivity contribution in [2.45, 2.75) is 18.3 Å². The Bertz CT molecular complexity index is 550. The fourth-order valence-electron chi connectivity index (χ4n) is 2.78. The summed E-state index contributed by atoms with van der Waals surface area (Å²) in [6.07, 6.45) is 1.22. The Labute approximate surface area is 134 Å². The minimum atomic E-state index is 0.576. The summed E-state index contributed by atoms with van der Waals surface area (Å²) >= 11 is 8.96. The molecule has 0 bridgehead atoms. The van der Waals surface area contributed by atoms with Gasteiger partial charge in [-0.2, -0.15) is 0 Å². The molecule has 1 fully saturated rings. The minimum Gasteiger partial charge on any atom is -0.316 e. The van der Waals surface area contributed by atoms with Crippen LogP contribution in [0.2, 0.25) is 0 Å². The Morgan fingerprint density at radius 2 is 1.84 bits per heavy atom. The SMILES string of the molecule is Brc1ccc(C2CNCCC2c2cc(Br)cs2)cc1. The van der Waals surface area contributed by atoms with Gasteiger partial charge in [-0.3, -0.25) is 0 Å². The first kappa shape index (κ1) is 13.8. The van der Waals surface area contributed by atoms with Crippen LogP contribution in [-0.2, 0) is 0 Å². The highest BCUT2D eigenvalue weighted by atomic mass is 79.9. The molecule has 1 aromatic carbocycles. The zero-order chi connectivity index (χ0) is 13.2. The molecular formula is C15H15Br2NS. The van der Waals surface area contributed by atoms with Crippen LogP contribution in [0.25, 0.3) is 0 Å². The second-order valence-corrected chi connectivity index (χ2v) is 7.70. The lowest BCUT2D eigenvalue weighted by atomic mass is 9.80. The van der Waals surface area contributed by atoms with Gasteiger partial charge in [-0.1, -0.05) is 28.1 Å². The van der Waals surface area contributed by atoms with E-state index in [-0.39, 0.29) is 0 Å². The predicted octanol–water partition coefficient (Wildman–Crippen LogP) is 5.13. The maximum atomic E-state index is 3.57. The number of hydrogen-bond acceptors (Lipinski definition) is 2. The highest BCUT2D eigenvalue weighted by Gasteiger charge is 2.28. The number of hydrogen-bond donors (Lipinski definition) is 1. The van der Waals surface area contributed by atoms with Gasteiger partial charge in [0.15, 0.2) is 0 Å². The lowest BCUT2D eigenvalue weighted by Gasteiger charge is -2.32. The second kappa shape index (κ2) is 6.08. The third kappa shape index (κ3) is 3.13. The number of thiophene rings is 1. The van der Waals surface area contributed by atoms with E-state index in [1.807, 2.05) is 11.3 Å². The van der Waals surface area contributed by atoms with Gasteiger partial charge in [0.25, 0.3) is 0 Å². The molecule has 2 aromatic rings. The van der Waals surface area contributed by atoms with E-state index < -0.39 is 0 Å². The Kier molecular flexibility index (Phi) is 4.42. The molecular weight excluding hydrogens is 386 g/mol. The fourth-order valence-corrected chi connectivity index (χ4v) is 4.69. The molecule has 1 aromatic heterocycles. The van der Waals surface area contributed by atoms with Gasteiger partial charge in [-0.25, -0.2) is 0 Å². The van der Waals surface area contributed by atoms with Crippen LogP contribution in [0.15, 0.2) is 44.7 Å². The average molecular weight is 401 g/mol. The molecule has 0 saturated carbocycles. The largest absolute Gasteiger partial charge is 0.316 e. The minimum absolute atomic E-state index is 0.576. The van der Waals surface area contributed by atoms with E-state index in [0.29, 0.717) is 11.8 Å². The maximum absolute atomic E-state index is 3.57. The Morgan fingerprint density at radius 1 is 1.05 bits per heavy atom. The molecule has 3 rings (SSSR count). The maximum Gasteiger partial charge on any atom is 0.0285 e. The van der Waals surface area contributed by atoms with Gasteiger partial charge in [-0.05, 0) is 52.7 Å². The van der Waals surface area contributed by atoms with E-state index in [1.54, 1.807) is 0 Å². The van der Waals surface area contributed by atoms with Crippen LogP contribution in [0, 0.1) is 0 Å². The monoisotopic (exact) mass is 399 g/mol. The number of benzene rings is 1. The van der Waals surface area contributed by atoms with Gasteiger partial charge >= 0.3 is 0 Å². The zero-order valence-electron chi connectivity index (χ0n) is 10.4. The van der Waals surface area contributed by atoms with Gasteiger partial charge in [0.2, 0.25) is 0 Å². The van der Waals surface area contributed by atoms with Crippen molar-refractivity contribution in [2.24, 2.45) is 0 Å². The lowest BCUT2D eigenvalue weighted by Crippen LogP contribution is -2.33. The van der Waals surface area contributed by atoms with E-state index in [4.69, 9.17) is 0 Å². The smallest absolute Gasteiger partial charge is 0.0285 e. The van der Waals surface area contributed by atoms with Gasteiger partial charge in [0.05, 0.1) is 0 Å². The molecule has 1 nitrogen and oxygen atoms in total. The predicted molar refractivity (Wildman–Crippen MR) is 89.1 cm³/mol. The average Bonchev–Trinajstić information content (AvgIpc) is 2.86. The summed E-state index contributed by atoms with van der Waals surface area (Å²) in [5.74, 6) is 1.21. The van der Waals surface area contributed by atoms with Crippen LogP contribution >= 0.6 is 43.2 Å². The highest BCUT2D eigenvalue weighted by molar-refractivity contribution is 9.10. The molecule has 1 saturated heterocycles. The van der Waals surface area contributed by atoms with Crippen LogP contribution in [0.5, 0.6) is 0 Å². The number of halogens is 2. The van der Waals surface area contributed by atoms with Gasteiger partial charge in [-0.15, -0.1) is 11.3 Å². The summed E-state index contributed by atoms with van der Waals surface area (Å²) in [6.45, 7) is 2.19. The highest BCUT2D eigenvalue weighted by Crippen LogP contribution is 2.40. The fraction of sp³-hybridized carbons (Fsp3) is 0.333. The standard InChI is InChI=1S/C15H15Br2NS/c16-11-3-1-10(2-4-11)14-8-18-6-5-13(14)15-7-12(17)9-19-15/h1-4,7,9,13-14,18H,5-6,8H2. The molecule has 2 unspecified atom stereocenters. The number of rotatable bonds is 2. The zero-order valence-corrected chi connectivity index (χ0v) is 14.4. The number of nitrogens with one attached hydrogen (secondary N) is 1. The van der Waals surface area contributed by atoms with Crippen molar-refractivity contribution in [3.63, 3.8) is 0 Å². The second-order valence-electron chi connectivity index (χ2n) is 4.92. The molecule has 1 aliphatic heterocycles. The molecule has 2 atom stereocenters. The van der Waals surface area contributed by atoms with Crippen LogP contribution in [-0.4, -0.2) is 13.1 Å². The normalized spacial score (nSPS) is 23.5. The van der Waals surface area contributed by atoms with Crippen molar-refractivity contribution in [1.82, 2.24) is 5.32 Å². The van der Waals surface area contributed by atoms with E-state index in [9.17, 15) is 0 Å². The van der Waals surface area contributed by atoms with Crippen LogP contribution in [0.4, 0.5) is 0 Å². The van der Waals surface area contributed by atoms with Gasteiger partial charge in [0, 0.05) is 37.6 Å². The Balaban J connectivity index is 1.90. The molecule has 0 amide bonds. The first-order valence-corrected chi connectivity index (χ1v) is 8.91. The van der Waals surface area contributed by atoms with Crippen molar-refractivity contribution in [3.05, 3.63) is 55.1 Å². The van der Waals surface area contributed by atoms with Crippen LogP contribution < -0.4 is 5.32 Å². The summed E-state index contributed by atoms with van der Waals surface area (Å²) in [4.78, 5) is 1.50. The molecule has 0 radical (unpaired) electrons. The topological polar surface area (TPSA) is 12.0 Å². The van der Waals surface area contributed by atoms with Crippen LogP contribution in [0.1, 0.15) is 28.7 Å². The van der Waals surface area contributed by atoms with E-state index in [2.05, 4.69) is 72.9 Å². The molecule has 0 aliphatic carbocycles. The van der Waals surface area contributed by atoms with E-state index in [1.165, 1.54) is 21.3 Å². The van der Waals surface area contributed by atoms with Crippen molar-refractivity contribution >= 4 is 43.2 Å². The summed E-state index contributed by atoms with van der Waals surface area (Å²) in [5.41, 5.74) is 1.44. The van der Waals surface area contributed by atoms with Crippen molar-refractivity contribution in [2.75, 3.05) is 13.1 Å². The summed E-state index contributed by atoms with van der Waals surface area (Å²) in [7, 11) is 0. The quantitative estimate of drug-likeness (QED) is 0.736. The molecule has 100 valence electrons. The Hall–Kier alpha value is -0.160. The number of piperidine rings is 1. The van der Waals surface area contributed by atoms with Crippen molar-refractivity contribution in [3.8, 4) is 0 Å². The summed E-state index contributed by atoms with van der Waals surface area (Å²) in [6, 6.07) is 11.1. The molecule has 19 heavy (non-hydrogen) atoms. The van der Waals surface area contributed by atoms with Crippen molar-refractivity contribution < 1.29 is 0 Å². The van der Waals surface area contributed by atoms with E-state index in [0.717, 1.165) is 17.6 Å². The van der Waals surface area contributed by atoms with Gasteiger partial charge < -0.3 is 5.32 Å². The summed E-state index contributed by atoms with van der Waals surface area (Å²) in [5, 5.41) is 5.73. The molecule has 1 N–H and O–H groups in total. The molecule has 4 heteroatoms.